The first-order valence-corrected chi connectivity index (χ1v) is 15.2. The van der Waals surface area contributed by atoms with Crippen LogP contribution < -0.4 is 5.32 Å². The smallest absolute Gasteiger partial charge is 0.412 e. The number of halogens is 2. The number of aromatic nitrogens is 3. The van der Waals surface area contributed by atoms with E-state index in [1.54, 1.807) is 32.3 Å². The number of amides is 1. The predicted octanol–water partition coefficient (Wildman–Crippen LogP) is 6.15. The molecule has 0 bridgehead atoms. The number of pyridine rings is 3. The maximum absolute atomic E-state index is 13.1. The Labute approximate surface area is 267 Å². The molecule has 0 aliphatic heterocycles. The Morgan fingerprint density at radius 3 is 2.48 bits per heavy atom. The summed E-state index contributed by atoms with van der Waals surface area (Å²) in [7, 11) is 3.10. The second kappa shape index (κ2) is 15.4. The van der Waals surface area contributed by atoms with Crippen LogP contribution in [0.4, 0.5) is 25.2 Å². The van der Waals surface area contributed by atoms with Crippen molar-refractivity contribution in [3.05, 3.63) is 65.6 Å². The number of nitrogens with zero attached hydrogens (tertiary/aromatic N) is 4. The first-order chi connectivity index (χ1) is 21.9. The third-order valence-corrected chi connectivity index (χ3v) is 8.19. The van der Waals surface area contributed by atoms with Gasteiger partial charge in [-0.3, -0.25) is 9.78 Å². The number of rotatable bonds is 12. The van der Waals surface area contributed by atoms with Gasteiger partial charge in [-0.25, -0.2) is 23.5 Å². The van der Waals surface area contributed by atoms with Gasteiger partial charge in [-0.05, 0) is 87.4 Å². The fourth-order valence-electron chi connectivity index (χ4n) is 5.44. The van der Waals surface area contributed by atoms with Crippen LogP contribution in [0.2, 0.25) is 0 Å². The van der Waals surface area contributed by atoms with Crippen molar-refractivity contribution in [3.8, 4) is 11.3 Å². The van der Waals surface area contributed by atoms with Gasteiger partial charge >= 0.3 is 12.1 Å². The number of alkyl halides is 2. The third kappa shape index (κ3) is 8.94. The van der Waals surface area contributed by atoms with Crippen LogP contribution in [0.15, 0.2) is 48.8 Å². The summed E-state index contributed by atoms with van der Waals surface area (Å²) in [5.74, 6) is -0.226. The lowest BCUT2D eigenvalue weighted by atomic mass is 9.73. The van der Waals surface area contributed by atoms with Crippen molar-refractivity contribution >= 4 is 23.7 Å². The number of hydrogen-bond acceptors (Lipinski definition) is 10. The standard InChI is InChI=1S/C33H41F2N5O6/c1-20-16-26(38-29(17-20)39-28-18-23(30(34)35)12-13-36-28)24-8-11-27(37-19-24)33(3,43)25-9-6-22(7-10-25)31(41)45-21(2)46-32(42)40(4)14-15-44-5/h8,11-13,16-19,21-22,25,30,43H,6-7,9-10,14-15H2,1-5H3,(H,36,38,39)/t21?,22?,25?,33-/m1/s1. The van der Waals surface area contributed by atoms with Crippen LogP contribution in [0.5, 0.6) is 0 Å². The van der Waals surface area contributed by atoms with Crippen molar-refractivity contribution in [2.45, 2.75) is 64.8 Å². The van der Waals surface area contributed by atoms with Crippen LogP contribution in [0, 0.1) is 18.8 Å². The number of aryl methyl sites for hydroxylation is 1. The van der Waals surface area contributed by atoms with Gasteiger partial charge in [0, 0.05) is 51.1 Å². The van der Waals surface area contributed by atoms with Crippen LogP contribution in [0.25, 0.3) is 11.3 Å². The van der Waals surface area contributed by atoms with Gasteiger partial charge in [0.1, 0.15) is 17.2 Å². The average molecular weight is 642 g/mol. The summed E-state index contributed by atoms with van der Waals surface area (Å²) in [6.45, 7) is 5.83. The molecule has 2 atom stereocenters. The molecule has 1 amide bonds. The summed E-state index contributed by atoms with van der Waals surface area (Å²) in [6.07, 6.45) is 0.914. The molecule has 3 aromatic heterocycles. The third-order valence-electron chi connectivity index (χ3n) is 8.19. The van der Waals surface area contributed by atoms with Crippen molar-refractivity contribution in [1.82, 2.24) is 19.9 Å². The molecule has 0 radical (unpaired) electrons. The minimum absolute atomic E-state index is 0.135. The maximum atomic E-state index is 13.1. The maximum Gasteiger partial charge on any atom is 0.412 e. The molecule has 1 aliphatic rings. The lowest BCUT2D eigenvalue weighted by molar-refractivity contribution is -0.173. The number of ether oxygens (including phenoxy) is 3. The Kier molecular flexibility index (Phi) is 11.6. The highest BCUT2D eigenvalue weighted by atomic mass is 19.3. The molecule has 1 saturated carbocycles. The van der Waals surface area contributed by atoms with E-state index in [1.165, 1.54) is 37.3 Å². The number of esters is 1. The van der Waals surface area contributed by atoms with E-state index < -0.39 is 30.4 Å². The summed E-state index contributed by atoms with van der Waals surface area (Å²) in [5.41, 5.74) is 1.35. The quantitative estimate of drug-likeness (QED) is 0.175. The lowest BCUT2D eigenvalue weighted by Gasteiger charge is -2.37. The van der Waals surface area contributed by atoms with Crippen LogP contribution in [-0.2, 0) is 24.6 Å². The number of anilines is 2. The monoisotopic (exact) mass is 641 g/mol. The zero-order valence-electron chi connectivity index (χ0n) is 26.7. The number of aliphatic hydroxyl groups is 1. The molecular formula is C33H41F2N5O6. The Bertz CT molecular complexity index is 1480. The highest BCUT2D eigenvalue weighted by molar-refractivity contribution is 5.73. The molecule has 248 valence electrons. The van der Waals surface area contributed by atoms with Gasteiger partial charge in [0.15, 0.2) is 0 Å². The molecule has 3 aromatic rings. The summed E-state index contributed by atoms with van der Waals surface area (Å²) in [5, 5.41) is 14.5. The molecule has 1 aliphatic carbocycles. The normalized spacial score (nSPS) is 18.4. The molecule has 0 saturated heterocycles. The molecule has 0 spiro atoms. The first kappa shape index (κ1) is 34.6. The highest BCUT2D eigenvalue weighted by Gasteiger charge is 2.39. The minimum atomic E-state index is -2.61. The molecule has 2 N–H and O–H groups in total. The van der Waals surface area contributed by atoms with Crippen molar-refractivity contribution in [1.29, 1.82) is 0 Å². The van der Waals surface area contributed by atoms with E-state index in [-0.39, 0.29) is 23.2 Å². The molecule has 11 nitrogen and oxygen atoms in total. The van der Waals surface area contributed by atoms with Gasteiger partial charge in [-0.2, -0.15) is 0 Å². The van der Waals surface area contributed by atoms with Gasteiger partial charge in [-0.15, -0.1) is 0 Å². The van der Waals surface area contributed by atoms with Crippen molar-refractivity contribution in [3.63, 3.8) is 0 Å². The highest BCUT2D eigenvalue weighted by Crippen LogP contribution is 2.41. The fourth-order valence-corrected chi connectivity index (χ4v) is 5.44. The molecule has 1 unspecified atom stereocenters. The molecular weight excluding hydrogens is 600 g/mol. The number of carbonyl (C=O) groups excluding carboxylic acids is 2. The Morgan fingerprint density at radius 1 is 1.09 bits per heavy atom. The molecule has 13 heteroatoms. The van der Waals surface area contributed by atoms with Crippen LogP contribution in [0.3, 0.4) is 0 Å². The second-order valence-electron chi connectivity index (χ2n) is 11.7. The number of nitrogens with one attached hydrogen (secondary N) is 1. The Balaban J connectivity index is 1.34. The molecule has 0 aromatic carbocycles. The van der Waals surface area contributed by atoms with E-state index in [2.05, 4.69) is 20.3 Å². The number of methoxy groups -OCH3 is 1. The molecule has 1 fully saturated rings. The Hall–Kier alpha value is -4.23. The number of likely N-dealkylation sites (N-methyl/N-ethyl adjacent to an activating group) is 1. The summed E-state index contributed by atoms with van der Waals surface area (Å²) >= 11 is 0. The van der Waals surface area contributed by atoms with Gasteiger partial charge in [0.2, 0.25) is 6.29 Å². The fraction of sp³-hybridized carbons (Fsp3) is 0.485. The van der Waals surface area contributed by atoms with E-state index in [0.717, 1.165) is 5.56 Å². The van der Waals surface area contributed by atoms with Crippen molar-refractivity contribution < 1.29 is 37.7 Å². The minimum Gasteiger partial charge on any atom is -0.425 e. The number of carbonyl (C=O) groups is 2. The van der Waals surface area contributed by atoms with Gasteiger partial charge in [0.25, 0.3) is 6.43 Å². The number of hydrogen-bond donors (Lipinski definition) is 2. The lowest BCUT2D eigenvalue weighted by Crippen LogP contribution is -2.38. The van der Waals surface area contributed by atoms with Gasteiger partial charge in [-0.1, -0.05) is 0 Å². The predicted molar refractivity (Wildman–Crippen MR) is 166 cm³/mol. The largest absolute Gasteiger partial charge is 0.425 e. The van der Waals surface area contributed by atoms with Crippen LogP contribution >= 0.6 is 0 Å². The van der Waals surface area contributed by atoms with E-state index in [0.29, 0.717) is 61.6 Å². The first-order valence-electron chi connectivity index (χ1n) is 15.2. The summed E-state index contributed by atoms with van der Waals surface area (Å²) in [4.78, 5) is 39.5. The van der Waals surface area contributed by atoms with E-state index >= 15 is 0 Å². The SMILES string of the molecule is COCCN(C)C(=O)OC(C)OC(=O)C1CCC([C@@](C)(O)c2ccc(-c3cc(C)cc(Nc4cc(C(F)F)ccn4)n3)cn2)CC1. The van der Waals surface area contributed by atoms with Crippen LogP contribution in [0.1, 0.15) is 62.8 Å². The zero-order valence-corrected chi connectivity index (χ0v) is 26.7. The summed E-state index contributed by atoms with van der Waals surface area (Å²) in [6, 6.07) is 9.81. The molecule has 3 heterocycles. The Morgan fingerprint density at radius 2 is 1.83 bits per heavy atom. The molecule has 46 heavy (non-hydrogen) atoms. The van der Waals surface area contributed by atoms with E-state index in [1.807, 2.05) is 19.1 Å². The van der Waals surface area contributed by atoms with Crippen LogP contribution in [-0.4, -0.2) is 70.6 Å². The van der Waals surface area contributed by atoms with E-state index in [9.17, 15) is 23.5 Å². The topological polar surface area (TPSA) is 136 Å². The molecule has 4 rings (SSSR count). The second-order valence-corrected chi connectivity index (χ2v) is 11.7. The zero-order chi connectivity index (χ0) is 33.4. The van der Waals surface area contributed by atoms with Gasteiger partial charge < -0.3 is 29.5 Å². The van der Waals surface area contributed by atoms with Gasteiger partial charge in [0.05, 0.1) is 23.9 Å². The van der Waals surface area contributed by atoms with E-state index in [4.69, 9.17) is 14.2 Å². The van der Waals surface area contributed by atoms with Crippen molar-refractivity contribution in [2.24, 2.45) is 11.8 Å². The van der Waals surface area contributed by atoms with Crippen molar-refractivity contribution in [2.75, 3.05) is 32.6 Å². The summed E-state index contributed by atoms with van der Waals surface area (Å²) < 4.78 is 41.8. The average Bonchev–Trinajstić information content (AvgIpc) is 3.03.